The largest absolute Gasteiger partial charge is 0.495 e. The third-order valence-electron chi connectivity index (χ3n) is 4.15. The van der Waals surface area contributed by atoms with Crippen LogP contribution in [-0.2, 0) is 5.41 Å². The number of hydrogen-bond donors (Lipinski definition) is 1. The Morgan fingerprint density at radius 3 is 2.50 bits per heavy atom. The highest BCUT2D eigenvalue weighted by atomic mass is 32.2. The van der Waals surface area contributed by atoms with Crippen LogP contribution in [0.25, 0.3) is 0 Å². The van der Waals surface area contributed by atoms with E-state index in [1.807, 2.05) is 48.5 Å². The maximum absolute atomic E-state index is 12.5. The van der Waals surface area contributed by atoms with Gasteiger partial charge < -0.3 is 10.1 Å². The molecular weight excluding hydrogens is 390 g/mol. The van der Waals surface area contributed by atoms with Crippen molar-refractivity contribution in [3.8, 4) is 5.75 Å². The predicted octanol–water partition coefficient (Wildman–Crippen LogP) is 5.56. The van der Waals surface area contributed by atoms with Crippen LogP contribution in [0.2, 0.25) is 0 Å². The standard InChI is InChI=1S/C21H23N3O2S2/c1-21(2,3)15-11-9-14(10-12-15)17(25)13-27-20-24-23-19(28-20)22-16-7-5-6-8-18(16)26-4/h5-12H,13H2,1-4H3,(H,22,23). The third-order valence-corrected chi connectivity index (χ3v) is 6.13. The van der Waals surface area contributed by atoms with E-state index in [-0.39, 0.29) is 11.2 Å². The summed E-state index contributed by atoms with van der Waals surface area (Å²) in [6.07, 6.45) is 0. The van der Waals surface area contributed by atoms with E-state index in [1.54, 1.807) is 7.11 Å². The molecule has 146 valence electrons. The Hall–Kier alpha value is -2.38. The normalized spacial score (nSPS) is 11.3. The molecule has 3 rings (SSSR count). The predicted molar refractivity (Wildman–Crippen MR) is 116 cm³/mol. The zero-order valence-electron chi connectivity index (χ0n) is 16.4. The topological polar surface area (TPSA) is 64.1 Å². The maximum atomic E-state index is 12.5. The van der Waals surface area contributed by atoms with Gasteiger partial charge in [0, 0.05) is 5.56 Å². The minimum absolute atomic E-state index is 0.0771. The van der Waals surface area contributed by atoms with Gasteiger partial charge in [0.2, 0.25) is 5.13 Å². The average Bonchev–Trinajstić information content (AvgIpc) is 3.13. The molecule has 0 aliphatic rings. The number of thioether (sulfide) groups is 1. The van der Waals surface area contributed by atoms with Crippen molar-refractivity contribution in [2.24, 2.45) is 0 Å². The lowest BCUT2D eigenvalue weighted by molar-refractivity contribution is 0.102. The summed E-state index contributed by atoms with van der Waals surface area (Å²) in [5.74, 6) is 1.15. The molecule has 1 N–H and O–H groups in total. The second-order valence-corrected chi connectivity index (χ2v) is 9.44. The monoisotopic (exact) mass is 413 g/mol. The summed E-state index contributed by atoms with van der Waals surface area (Å²) in [4.78, 5) is 12.5. The maximum Gasteiger partial charge on any atom is 0.210 e. The van der Waals surface area contributed by atoms with Crippen molar-refractivity contribution in [2.75, 3.05) is 18.2 Å². The first-order valence-corrected chi connectivity index (χ1v) is 10.7. The molecule has 5 nitrogen and oxygen atoms in total. The van der Waals surface area contributed by atoms with Crippen LogP contribution in [0.4, 0.5) is 10.8 Å². The lowest BCUT2D eigenvalue weighted by Gasteiger charge is -2.18. The number of rotatable bonds is 7. The molecule has 7 heteroatoms. The van der Waals surface area contributed by atoms with Gasteiger partial charge in [0.05, 0.1) is 18.6 Å². The van der Waals surface area contributed by atoms with Crippen LogP contribution >= 0.6 is 23.1 Å². The molecule has 1 aromatic heterocycles. The number of aromatic nitrogens is 2. The van der Waals surface area contributed by atoms with Gasteiger partial charge in [-0.2, -0.15) is 0 Å². The Kier molecular flexibility index (Phi) is 6.36. The summed E-state index contributed by atoms with van der Waals surface area (Å²) in [6, 6.07) is 15.5. The van der Waals surface area contributed by atoms with Crippen LogP contribution in [0.15, 0.2) is 52.9 Å². The molecule has 1 heterocycles. The van der Waals surface area contributed by atoms with Gasteiger partial charge in [-0.25, -0.2) is 0 Å². The highest BCUT2D eigenvalue weighted by Gasteiger charge is 2.15. The van der Waals surface area contributed by atoms with Crippen LogP contribution < -0.4 is 10.1 Å². The van der Waals surface area contributed by atoms with E-state index in [0.29, 0.717) is 10.9 Å². The van der Waals surface area contributed by atoms with Gasteiger partial charge in [-0.15, -0.1) is 10.2 Å². The molecule has 0 fully saturated rings. The third kappa shape index (κ3) is 5.11. The zero-order valence-corrected chi connectivity index (χ0v) is 18.0. The van der Waals surface area contributed by atoms with Crippen molar-refractivity contribution in [3.63, 3.8) is 0 Å². The number of nitrogens with zero attached hydrogens (tertiary/aromatic N) is 2. The fraction of sp³-hybridized carbons (Fsp3) is 0.286. The Morgan fingerprint density at radius 1 is 1.11 bits per heavy atom. The van der Waals surface area contributed by atoms with E-state index in [9.17, 15) is 4.79 Å². The number of carbonyl (C=O) groups excluding carboxylic acids is 1. The number of anilines is 2. The Balaban J connectivity index is 1.59. The number of methoxy groups -OCH3 is 1. The number of carbonyl (C=O) groups is 1. The van der Waals surface area contributed by atoms with E-state index in [2.05, 4.69) is 36.3 Å². The molecule has 0 radical (unpaired) electrons. The summed E-state index contributed by atoms with van der Waals surface area (Å²) in [6.45, 7) is 6.48. The number of para-hydroxylation sites is 2. The Morgan fingerprint density at radius 2 is 1.82 bits per heavy atom. The summed E-state index contributed by atoms with van der Waals surface area (Å²) in [7, 11) is 1.63. The van der Waals surface area contributed by atoms with Crippen molar-refractivity contribution in [2.45, 2.75) is 30.5 Å². The quantitative estimate of drug-likeness (QED) is 0.404. The van der Waals surface area contributed by atoms with Gasteiger partial charge in [-0.3, -0.25) is 4.79 Å². The van der Waals surface area contributed by atoms with Gasteiger partial charge in [0.15, 0.2) is 10.1 Å². The highest BCUT2D eigenvalue weighted by Crippen LogP contribution is 2.31. The second-order valence-electron chi connectivity index (χ2n) is 7.24. The number of hydrogen-bond acceptors (Lipinski definition) is 7. The first-order valence-electron chi connectivity index (χ1n) is 8.87. The first kappa shape index (κ1) is 20.4. The van der Waals surface area contributed by atoms with Crippen molar-refractivity contribution in [1.82, 2.24) is 10.2 Å². The summed E-state index contributed by atoms with van der Waals surface area (Å²) < 4.78 is 6.07. The van der Waals surface area contributed by atoms with Crippen LogP contribution in [0.1, 0.15) is 36.7 Å². The van der Waals surface area contributed by atoms with E-state index >= 15 is 0 Å². The average molecular weight is 414 g/mol. The highest BCUT2D eigenvalue weighted by molar-refractivity contribution is 8.01. The van der Waals surface area contributed by atoms with Crippen LogP contribution in [0.3, 0.4) is 0 Å². The van der Waals surface area contributed by atoms with Gasteiger partial charge >= 0.3 is 0 Å². The number of nitrogens with one attached hydrogen (secondary N) is 1. The van der Waals surface area contributed by atoms with Gasteiger partial charge in [-0.1, -0.05) is 80.3 Å². The molecule has 0 aliphatic carbocycles. The fourth-order valence-corrected chi connectivity index (χ4v) is 4.21. The van der Waals surface area contributed by atoms with Gasteiger partial charge in [0.25, 0.3) is 0 Å². The number of Topliss-reactive ketones (excluding diaryl/α,β-unsaturated/α-hetero) is 1. The lowest BCUT2D eigenvalue weighted by Crippen LogP contribution is -2.11. The molecule has 0 saturated heterocycles. The smallest absolute Gasteiger partial charge is 0.210 e. The lowest BCUT2D eigenvalue weighted by atomic mass is 9.86. The van der Waals surface area contributed by atoms with Crippen LogP contribution in [0.5, 0.6) is 5.75 Å². The molecule has 2 aromatic carbocycles. The summed E-state index contributed by atoms with van der Waals surface area (Å²) >= 11 is 2.81. The molecule has 28 heavy (non-hydrogen) atoms. The van der Waals surface area contributed by atoms with E-state index in [4.69, 9.17) is 4.74 Å². The molecule has 0 amide bonds. The molecular formula is C21H23N3O2S2. The van der Waals surface area contributed by atoms with Crippen molar-refractivity contribution < 1.29 is 9.53 Å². The minimum atomic E-state index is 0.0771. The second kappa shape index (κ2) is 8.75. The van der Waals surface area contributed by atoms with E-state index < -0.39 is 0 Å². The number of ether oxygens (including phenoxy) is 1. The summed E-state index contributed by atoms with van der Waals surface area (Å²) in [5.41, 5.74) is 2.84. The SMILES string of the molecule is COc1ccccc1Nc1nnc(SCC(=O)c2ccc(C(C)(C)C)cc2)s1. The molecule has 0 unspecified atom stereocenters. The molecule has 0 atom stereocenters. The molecule has 0 aliphatic heterocycles. The van der Waals surface area contributed by atoms with Crippen molar-refractivity contribution >= 4 is 39.7 Å². The van der Waals surface area contributed by atoms with Crippen molar-refractivity contribution in [3.05, 3.63) is 59.7 Å². The summed E-state index contributed by atoms with van der Waals surface area (Å²) in [5, 5.41) is 12.2. The molecule has 0 bridgehead atoms. The zero-order chi connectivity index (χ0) is 20.1. The van der Waals surface area contributed by atoms with Gasteiger partial charge in [-0.05, 0) is 23.1 Å². The van der Waals surface area contributed by atoms with Crippen molar-refractivity contribution in [1.29, 1.82) is 0 Å². The Bertz CT molecular complexity index is 947. The van der Waals surface area contributed by atoms with Crippen LogP contribution in [0, 0.1) is 0 Å². The number of ketones is 1. The molecule has 0 saturated carbocycles. The minimum Gasteiger partial charge on any atom is -0.495 e. The molecule has 0 spiro atoms. The van der Waals surface area contributed by atoms with Gasteiger partial charge in [0.1, 0.15) is 5.75 Å². The fourth-order valence-electron chi connectivity index (χ4n) is 2.55. The van der Waals surface area contributed by atoms with Crippen LogP contribution in [-0.4, -0.2) is 28.8 Å². The Labute approximate surface area is 173 Å². The van der Waals surface area contributed by atoms with E-state index in [1.165, 1.54) is 28.7 Å². The first-order chi connectivity index (χ1) is 13.4. The number of benzene rings is 2. The van der Waals surface area contributed by atoms with E-state index in [0.717, 1.165) is 21.3 Å². The molecule has 3 aromatic rings.